The summed E-state index contributed by atoms with van der Waals surface area (Å²) in [5, 5.41) is 0. The Morgan fingerprint density at radius 3 is 1.66 bits per heavy atom. The monoisotopic (exact) mass is 386 g/mol. The van der Waals surface area contributed by atoms with Crippen molar-refractivity contribution in [3.63, 3.8) is 0 Å². The first-order valence-corrected chi connectivity index (χ1v) is 9.04. The SMILES string of the molecule is C.C.C.C=C/C=C(\C=C)c1ccccc1-c1ccccc1-c1ccccc1.CC. The topological polar surface area (TPSA) is 0 Å². The molecule has 154 valence electrons. The molecule has 0 unspecified atom stereocenters. The maximum Gasteiger partial charge on any atom is -0.00992 e. The Balaban J connectivity index is 0. The summed E-state index contributed by atoms with van der Waals surface area (Å²) in [5.74, 6) is 0. The van der Waals surface area contributed by atoms with E-state index < -0.39 is 0 Å². The first kappa shape index (κ1) is 28.1. The summed E-state index contributed by atoms with van der Waals surface area (Å²) >= 11 is 0. The number of rotatable bonds is 5. The molecule has 0 aliphatic heterocycles. The molecule has 0 aliphatic rings. The van der Waals surface area contributed by atoms with Gasteiger partial charge in [-0.05, 0) is 33.4 Å². The van der Waals surface area contributed by atoms with Gasteiger partial charge in [0.15, 0.2) is 0 Å². The van der Waals surface area contributed by atoms with Crippen molar-refractivity contribution >= 4 is 5.57 Å². The van der Waals surface area contributed by atoms with Crippen molar-refractivity contribution in [3.05, 3.63) is 116 Å². The average Bonchev–Trinajstić information content (AvgIpc) is 2.74. The Hall–Kier alpha value is -3.12. The van der Waals surface area contributed by atoms with Crippen LogP contribution in [0.3, 0.4) is 0 Å². The predicted molar refractivity (Wildman–Crippen MR) is 137 cm³/mol. The van der Waals surface area contributed by atoms with E-state index in [4.69, 9.17) is 0 Å². The van der Waals surface area contributed by atoms with Crippen LogP contribution in [0.1, 0.15) is 41.7 Å². The molecular formula is C29H38. The highest BCUT2D eigenvalue weighted by Crippen LogP contribution is 2.36. The summed E-state index contributed by atoms with van der Waals surface area (Å²) in [5.41, 5.74) is 7.10. The molecule has 29 heavy (non-hydrogen) atoms. The summed E-state index contributed by atoms with van der Waals surface area (Å²) in [6.45, 7) is 11.8. The van der Waals surface area contributed by atoms with E-state index in [-0.39, 0.29) is 22.3 Å². The van der Waals surface area contributed by atoms with Crippen molar-refractivity contribution < 1.29 is 0 Å². The predicted octanol–water partition coefficient (Wildman–Crippen LogP) is 9.71. The van der Waals surface area contributed by atoms with Crippen molar-refractivity contribution in [3.8, 4) is 22.3 Å². The molecule has 0 heterocycles. The van der Waals surface area contributed by atoms with Gasteiger partial charge in [-0.25, -0.2) is 0 Å². The van der Waals surface area contributed by atoms with Crippen LogP contribution < -0.4 is 0 Å². The Labute approximate surface area is 180 Å². The first-order chi connectivity index (χ1) is 12.8. The van der Waals surface area contributed by atoms with Crippen LogP contribution in [0.2, 0.25) is 0 Å². The molecule has 0 N–H and O–H groups in total. The molecule has 0 amide bonds. The lowest BCUT2D eigenvalue weighted by Gasteiger charge is -2.15. The third-order valence-corrected chi connectivity index (χ3v) is 4.06. The highest BCUT2D eigenvalue weighted by Gasteiger charge is 2.11. The van der Waals surface area contributed by atoms with E-state index in [9.17, 15) is 0 Å². The van der Waals surface area contributed by atoms with Gasteiger partial charge in [-0.1, -0.05) is 146 Å². The minimum Gasteiger partial charge on any atom is -0.0990 e. The molecule has 0 bridgehead atoms. The smallest absolute Gasteiger partial charge is 0.00992 e. The van der Waals surface area contributed by atoms with Crippen molar-refractivity contribution in [2.45, 2.75) is 36.1 Å². The van der Waals surface area contributed by atoms with Gasteiger partial charge in [0.2, 0.25) is 0 Å². The van der Waals surface area contributed by atoms with Crippen LogP contribution in [-0.4, -0.2) is 0 Å². The summed E-state index contributed by atoms with van der Waals surface area (Å²) < 4.78 is 0. The van der Waals surface area contributed by atoms with Gasteiger partial charge < -0.3 is 0 Å². The summed E-state index contributed by atoms with van der Waals surface area (Å²) in [4.78, 5) is 0. The van der Waals surface area contributed by atoms with E-state index in [0.717, 1.165) is 11.1 Å². The second-order valence-electron chi connectivity index (χ2n) is 5.52. The zero-order chi connectivity index (χ0) is 18.8. The number of hydrogen-bond acceptors (Lipinski definition) is 0. The van der Waals surface area contributed by atoms with Crippen LogP contribution in [0.25, 0.3) is 27.8 Å². The van der Waals surface area contributed by atoms with E-state index in [1.54, 1.807) is 6.08 Å². The molecule has 0 radical (unpaired) electrons. The summed E-state index contributed by atoms with van der Waals surface area (Å²) in [6, 6.07) is 27.4. The van der Waals surface area contributed by atoms with E-state index in [2.05, 4.69) is 86.0 Å². The molecule has 0 heteroatoms. The average molecular weight is 387 g/mol. The van der Waals surface area contributed by atoms with Crippen LogP contribution >= 0.6 is 0 Å². The molecule has 0 aliphatic carbocycles. The maximum atomic E-state index is 3.96. The number of allylic oxidation sites excluding steroid dienone is 4. The fraction of sp³-hybridized carbons (Fsp3) is 0.172. The van der Waals surface area contributed by atoms with E-state index in [1.807, 2.05) is 32.1 Å². The second kappa shape index (κ2) is 14.9. The lowest BCUT2D eigenvalue weighted by molar-refractivity contribution is 1.50. The normalized spacial score (nSPS) is 9.38. The maximum absolute atomic E-state index is 3.96. The van der Waals surface area contributed by atoms with E-state index in [1.165, 1.54) is 22.3 Å². The zero-order valence-corrected chi connectivity index (χ0v) is 15.7. The summed E-state index contributed by atoms with van der Waals surface area (Å²) in [6.07, 6.45) is 5.68. The third-order valence-electron chi connectivity index (χ3n) is 4.06. The van der Waals surface area contributed by atoms with Crippen molar-refractivity contribution in [1.29, 1.82) is 0 Å². The van der Waals surface area contributed by atoms with E-state index in [0.29, 0.717) is 0 Å². The van der Waals surface area contributed by atoms with Crippen molar-refractivity contribution in [2.75, 3.05) is 0 Å². The van der Waals surface area contributed by atoms with Gasteiger partial charge in [0.25, 0.3) is 0 Å². The zero-order valence-electron chi connectivity index (χ0n) is 15.7. The molecule has 0 aromatic heterocycles. The van der Waals surface area contributed by atoms with Crippen LogP contribution in [0, 0.1) is 0 Å². The van der Waals surface area contributed by atoms with Gasteiger partial charge in [-0.2, -0.15) is 0 Å². The molecule has 0 saturated heterocycles. The largest absolute Gasteiger partial charge is 0.0990 e. The van der Waals surface area contributed by atoms with Crippen molar-refractivity contribution in [2.24, 2.45) is 0 Å². The van der Waals surface area contributed by atoms with Gasteiger partial charge in [-0.15, -0.1) is 0 Å². The standard InChI is InChI=1S/C24H20.C2H6.3CH4/c1-3-12-19(4-2)21-15-8-10-17-23(21)24-18-11-9-16-22(24)20-13-6-5-7-14-20;1-2;;;/h3-18H,1-2H2;1-2H3;3*1H4/b19-12+;;;;. The Morgan fingerprint density at radius 2 is 1.10 bits per heavy atom. The fourth-order valence-electron chi connectivity index (χ4n) is 2.95. The highest BCUT2D eigenvalue weighted by atomic mass is 14.1. The van der Waals surface area contributed by atoms with Gasteiger partial charge in [0, 0.05) is 0 Å². The Kier molecular flexibility index (Phi) is 14.4. The van der Waals surface area contributed by atoms with Gasteiger partial charge in [-0.3, -0.25) is 0 Å². The third kappa shape index (κ3) is 6.76. The van der Waals surface area contributed by atoms with Crippen molar-refractivity contribution in [1.82, 2.24) is 0 Å². The lowest BCUT2D eigenvalue weighted by atomic mass is 9.89. The minimum absolute atomic E-state index is 0. The minimum atomic E-state index is 0. The van der Waals surface area contributed by atoms with Crippen LogP contribution in [0.4, 0.5) is 0 Å². The molecule has 3 aromatic carbocycles. The molecule has 0 saturated carbocycles. The Bertz CT molecular complexity index is 883. The van der Waals surface area contributed by atoms with Gasteiger partial charge in [0.05, 0.1) is 0 Å². The molecule has 0 spiro atoms. The van der Waals surface area contributed by atoms with Gasteiger partial charge >= 0.3 is 0 Å². The second-order valence-corrected chi connectivity index (χ2v) is 5.52. The van der Waals surface area contributed by atoms with Crippen LogP contribution in [-0.2, 0) is 0 Å². The molecule has 0 fully saturated rings. The lowest BCUT2D eigenvalue weighted by Crippen LogP contribution is -1.90. The molecular weight excluding hydrogens is 348 g/mol. The quantitative estimate of drug-likeness (QED) is 0.383. The first-order valence-electron chi connectivity index (χ1n) is 9.04. The number of benzene rings is 3. The summed E-state index contributed by atoms with van der Waals surface area (Å²) in [7, 11) is 0. The molecule has 0 nitrogen and oxygen atoms in total. The van der Waals surface area contributed by atoms with Gasteiger partial charge in [0.1, 0.15) is 0 Å². The van der Waals surface area contributed by atoms with E-state index >= 15 is 0 Å². The highest BCUT2D eigenvalue weighted by molar-refractivity contribution is 5.91. The molecule has 3 aromatic rings. The van der Waals surface area contributed by atoms with Crippen LogP contribution in [0.15, 0.2) is 110 Å². The molecule has 3 rings (SSSR count). The van der Waals surface area contributed by atoms with Crippen LogP contribution in [0.5, 0.6) is 0 Å². The molecule has 0 atom stereocenters. The Morgan fingerprint density at radius 1 is 0.621 bits per heavy atom. The number of hydrogen-bond donors (Lipinski definition) is 0. The fourth-order valence-corrected chi connectivity index (χ4v) is 2.95.